The van der Waals surface area contributed by atoms with Crippen LogP contribution >= 0.6 is 24.0 Å². The quantitative estimate of drug-likeness (QED) is 0.703. The van der Waals surface area contributed by atoms with Gasteiger partial charge in [-0.3, -0.25) is 4.98 Å². The van der Waals surface area contributed by atoms with Crippen molar-refractivity contribution in [2.75, 3.05) is 0 Å². The molecule has 3 aromatic rings. The predicted molar refractivity (Wildman–Crippen MR) is 95.9 cm³/mol. The first-order valence-corrected chi connectivity index (χ1v) is 7.55. The van der Waals surface area contributed by atoms with Crippen molar-refractivity contribution in [1.82, 2.24) is 10.3 Å². The van der Waals surface area contributed by atoms with Crippen LogP contribution in [0.25, 0.3) is 11.3 Å². The molecule has 23 heavy (non-hydrogen) atoms. The highest BCUT2D eigenvalue weighted by molar-refractivity contribution is 6.31. The van der Waals surface area contributed by atoms with Crippen molar-refractivity contribution in [3.05, 3.63) is 76.8 Å². The lowest BCUT2D eigenvalue weighted by molar-refractivity contribution is 0.493. The molecule has 3 rings (SSSR count). The third kappa shape index (κ3) is 4.35. The molecular formula is C18H18Cl2N2O. The van der Waals surface area contributed by atoms with Gasteiger partial charge in [0.15, 0.2) is 0 Å². The Bertz CT molecular complexity index is 757. The van der Waals surface area contributed by atoms with Crippen LogP contribution in [0.3, 0.4) is 0 Å². The van der Waals surface area contributed by atoms with E-state index in [1.165, 1.54) is 5.56 Å². The molecular weight excluding hydrogens is 331 g/mol. The Morgan fingerprint density at radius 1 is 1.04 bits per heavy atom. The summed E-state index contributed by atoms with van der Waals surface area (Å²) in [5, 5.41) is 4.12. The number of hydrogen-bond acceptors (Lipinski definition) is 3. The van der Waals surface area contributed by atoms with Gasteiger partial charge in [-0.25, -0.2) is 0 Å². The largest absolute Gasteiger partial charge is 0.460 e. The van der Waals surface area contributed by atoms with Gasteiger partial charge in [0.2, 0.25) is 0 Å². The number of benzene rings is 1. The normalized spacial score (nSPS) is 10.3. The molecule has 1 N–H and O–H groups in total. The Kier molecular flexibility index (Phi) is 6.22. The molecule has 0 aliphatic rings. The van der Waals surface area contributed by atoms with E-state index in [0.717, 1.165) is 34.2 Å². The van der Waals surface area contributed by atoms with Gasteiger partial charge in [-0.2, -0.15) is 0 Å². The maximum Gasteiger partial charge on any atom is 0.134 e. The van der Waals surface area contributed by atoms with Gasteiger partial charge in [0, 0.05) is 29.5 Å². The molecule has 2 heterocycles. The zero-order valence-electron chi connectivity index (χ0n) is 12.8. The monoisotopic (exact) mass is 348 g/mol. The van der Waals surface area contributed by atoms with Crippen LogP contribution in [-0.2, 0) is 13.1 Å². The Labute approximate surface area is 147 Å². The van der Waals surface area contributed by atoms with Gasteiger partial charge in [0.05, 0.1) is 6.54 Å². The minimum atomic E-state index is 0. The van der Waals surface area contributed by atoms with E-state index in [4.69, 9.17) is 16.0 Å². The molecule has 0 atom stereocenters. The average Bonchev–Trinajstić information content (AvgIpc) is 3.00. The molecule has 3 nitrogen and oxygen atoms in total. The lowest BCUT2D eigenvalue weighted by Crippen LogP contribution is -2.11. The molecule has 0 radical (unpaired) electrons. The van der Waals surface area contributed by atoms with E-state index in [-0.39, 0.29) is 12.4 Å². The number of hydrogen-bond donors (Lipinski definition) is 1. The number of halogens is 2. The summed E-state index contributed by atoms with van der Waals surface area (Å²) in [6, 6.07) is 13.8. The first kappa shape index (κ1) is 17.5. The summed E-state index contributed by atoms with van der Waals surface area (Å²) in [6.45, 7) is 3.47. The number of nitrogens with one attached hydrogen (secondary N) is 1. The fourth-order valence-corrected chi connectivity index (χ4v) is 2.50. The fraction of sp³-hybridized carbons (Fsp3) is 0.167. The molecule has 0 aliphatic carbocycles. The number of rotatable bonds is 5. The summed E-state index contributed by atoms with van der Waals surface area (Å²) >= 11 is 6.16. The van der Waals surface area contributed by atoms with Crippen molar-refractivity contribution in [2.24, 2.45) is 0 Å². The van der Waals surface area contributed by atoms with Crippen molar-refractivity contribution < 1.29 is 4.42 Å². The standard InChI is InChI=1S/C18H17ClN2O.ClH/c1-13-16(3-2-4-17(13)19)18-6-5-15(22-18)12-21-11-14-7-9-20-10-8-14;/h2-10,21H,11-12H2,1H3;1H. The van der Waals surface area contributed by atoms with E-state index in [1.54, 1.807) is 12.4 Å². The fourth-order valence-electron chi connectivity index (χ4n) is 2.32. The van der Waals surface area contributed by atoms with Gasteiger partial charge in [0.1, 0.15) is 11.5 Å². The van der Waals surface area contributed by atoms with Gasteiger partial charge in [-0.05, 0) is 48.4 Å². The molecule has 1 aromatic carbocycles. The van der Waals surface area contributed by atoms with Crippen LogP contribution in [0.5, 0.6) is 0 Å². The molecule has 120 valence electrons. The van der Waals surface area contributed by atoms with E-state index in [0.29, 0.717) is 6.54 Å². The molecule has 0 amide bonds. The Balaban J connectivity index is 0.00000192. The Morgan fingerprint density at radius 2 is 1.83 bits per heavy atom. The third-order valence-electron chi connectivity index (χ3n) is 3.57. The van der Waals surface area contributed by atoms with Crippen LogP contribution in [0.15, 0.2) is 59.3 Å². The van der Waals surface area contributed by atoms with Crippen LogP contribution in [0.1, 0.15) is 16.9 Å². The van der Waals surface area contributed by atoms with Crippen molar-refractivity contribution in [1.29, 1.82) is 0 Å². The second-order valence-electron chi connectivity index (χ2n) is 5.14. The smallest absolute Gasteiger partial charge is 0.134 e. The summed E-state index contributed by atoms with van der Waals surface area (Å²) in [7, 11) is 0. The molecule has 0 aliphatic heterocycles. The zero-order chi connectivity index (χ0) is 15.4. The topological polar surface area (TPSA) is 38.1 Å². The molecule has 2 aromatic heterocycles. The number of furan rings is 1. The Morgan fingerprint density at radius 3 is 2.61 bits per heavy atom. The first-order chi connectivity index (χ1) is 10.7. The average molecular weight is 349 g/mol. The summed E-state index contributed by atoms with van der Waals surface area (Å²) < 4.78 is 5.91. The molecule has 0 fully saturated rings. The zero-order valence-corrected chi connectivity index (χ0v) is 14.3. The van der Waals surface area contributed by atoms with E-state index in [2.05, 4.69) is 10.3 Å². The van der Waals surface area contributed by atoms with Crippen LogP contribution in [-0.4, -0.2) is 4.98 Å². The number of pyridine rings is 1. The lowest BCUT2D eigenvalue weighted by atomic mass is 10.1. The summed E-state index contributed by atoms with van der Waals surface area (Å²) in [4.78, 5) is 4.01. The highest BCUT2D eigenvalue weighted by atomic mass is 35.5. The van der Waals surface area contributed by atoms with Gasteiger partial charge >= 0.3 is 0 Å². The molecule has 0 spiro atoms. The molecule has 5 heteroatoms. The minimum absolute atomic E-state index is 0. The third-order valence-corrected chi connectivity index (χ3v) is 3.98. The number of aromatic nitrogens is 1. The van der Waals surface area contributed by atoms with E-state index >= 15 is 0 Å². The van der Waals surface area contributed by atoms with Crippen molar-refractivity contribution in [3.8, 4) is 11.3 Å². The summed E-state index contributed by atoms with van der Waals surface area (Å²) in [5.41, 5.74) is 3.27. The highest BCUT2D eigenvalue weighted by Gasteiger charge is 2.09. The first-order valence-electron chi connectivity index (χ1n) is 7.18. The summed E-state index contributed by atoms with van der Waals surface area (Å²) in [5.74, 6) is 1.75. The van der Waals surface area contributed by atoms with Crippen molar-refractivity contribution in [2.45, 2.75) is 20.0 Å². The van der Waals surface area contributed by atoms with E-state index in [9.17, 15) is 0 Å². The van der Waals surface area contributed by atoms with Crippen molar-refractivity contribution >= 4 is 24.0 Å². The van der Waals surface area contributed by atoms with Crippen LogP contribution in [0.4, 0.5) is 0 Å². The van der Waals surface area contributed by atoms with Crippen LogP contribution in [0, 0.1) is 6.92 Å². The minimum Gasteiger partial charge on any atom is -0.460 e. The van der Waals surface area contributed by atoms with Crippen LogP contribution in [0.2, 0.25) is 5.02 Å². The van der Waals surface area contributed by atoms with Gasteiger partial charge in [-0.1, -0.05) is 23.7 Å². The SMILES string of the molecule is Cc1c(Cl)cccc1-c1ccc(CNCc2ccncc2)o1.Cl. The highest BCUT2D eigenvalue weighted by Crippen LogP contribution is 2.29. The van der Waals surface area contributed by atoms with Gasteiger partial charge < -0.3 is 9.73 Å². The van der Waals surface area contributed by atoms with E-state index < -0.39 is 0 Å². The second-order valence-corrected chi connectivity index (χ2v) is 5.54. The molecule has 0 saturated carbocycles. The predicted octanol–water partition coefficient (Wildman–Crippen LogP) is 5.02. The molecule has 0 unspecified atom stereocenters. The van der Waals surface area contributed by atoms with Gasteiger partial charge in [0.25, 0.3) is 0 Å². The lowest BCUT2D eigenvalue weighted by Gasteiger charge is -2.05. The maximum absolute atomic E-state index is 6.16. The van der Waals surface area contributed by atoms with Crippen molar-refractivity contribution in [3.63, 3.8) is 0 Å². The molecule has 0 bridgehead atoms. The van der Waals surface area contributed by atoms with Gasteiger partial charge in [-0.15, -0.1) is 12.4 Å². The number of nitrogens with zero attached hydrogens (tertiary/aromatic N) is 1. The van der Waals surface area contributed by atoms with E-state index in [1.807, 2.05) is 49.4 Å². The Hall–Kier alpha value is -1.81. The van der Waals surface area contributed by atoms with Crippen LogP contribution < -0.4 is 5.32 Å². The molecule has 0 saturated heterocycles. The second kappa shape index (κ2) is 8.16. The summed E-state index contributed by atoms with van der Waals surface area (Å²) in [6.07, 6.45) is 3.59. The maximum atomic E-state index is 6.16.